The highest BCUT2D eigenvalue weighted by Gasteiger charge is 2.33. The van der Waals surface area contributed by atoms with Gasteiger partial charge in [0, 0.05) is 19.6 Å². The number of amides is 1. The Hall–Kier alpha value is -1.76. The molecule has 1 saturated heterocycles. The number of rotatable bonds is 3. The number of morpholine rings is 1. The summed E-state index contributed by atoms with van der Waals surface area (Å²) < 4.78 is 7.31. The van der Waals surface area contributed by atoms with Crippen LogP contribution in [0.3, 0.4) is 0 Å². The number of anilines is 2. The Kier molecular flexibility index (Phi) is 4.17. The molecule has 1 amide bonds. The molecule has 3 N–H and O–H groups in total. The molecule has 0 spiro atoms. The number of likely N-dealkylation sites (N-methyl/N-ethyl adjacent to an activating group) is 1. The molecule has 0 aromatic carbocycles. The Balaban J connectivity index is 2.44. The maximum absolute atomic E-state index is 12.0. The topological polar surface area (TPSA) is 85.4 Å². The molecule has 20 heavy (non-hydrogen) atoms. The summed E-state index contributed by atoms with van der Waals surface area (Å²) in [6.45, 7) is 7.54. The Morgan fingerprint density at radius 3 is 2.85 bits per heavy atom. The van der Waals surface area contributed by atoms with Crippen molar-refractivity contribution in [2.24, 2.45) is 0 Å². The molecule has 0 aliphatic carbocycles. The lowest BCUT2D eigenvalue weighted by molar-refractivity contribution is -0.124. The molecule has 0 bridgehead atoms. The van der Waals surface area contributed by atoms with Crippen molar-refractivity contribution >= 4 is 17.4 Å². The molecule has 1 unspecified atom stereocenters. The molecule has 1 fully saturated rings. The standard InChI is InChI=1S/C13H23N5O2/c1-8(2)18-13(11(14)9(3)16-18)17-5-6-20-7-10(17)12(19)15-4/h8,10H,5-7,14H2,1-4H3,(H,15,19). The maximum Gasteiger partial charge on any atom is 0.244 e. The van der Waals surface area contributed by atoms with Crippen LogP contribution in [0.1, 0.15) is 25.6 Å². The van der Waals surface area contributed by atoms with Gasteiger partial charge in [0.1, 0.15) is 6.04 Å². The first-order valence-electron chi connectivity index (χ1n) is 6.88. The van der Waals surface area contributed by atoms with Crippen LogP contribution in [0, 0.1) is 6.92 Å². The number of carbonyl (C=O) groups excluding carboxylic acids is 1. The van der Waals surface area contributed by atoms with Crippen molar-refractivity contribution in [1.82, 2.24) is 15.1 Å². The Bertz CT molecular complexity index is 497. The van der Waals surface area contributed by atoms with Crippen LogP contribution in [0.5, 0.6) is 0 Å². The molecular formula is C13H23N5O2. The minimum Gasteiger partial charge on any atom is -0.394 e. The lowest BCUT2D eigenvalue weighted by Gasteiger charge is -2.36. The minimum atomic E-state index is -0.371. The van der Waals surface area contributed by atoms with Gasteiger partial charge in [0.25, 0.3) is 0 Å². The Morgan fingerprint density at radius 2 is 2.25 bits per heavy atom. The van der Waals surface area contributed by atoms with Crippen molar-refractivity contribution < 1.29 is 9.53 Å². The highest BCUT2D eigenvalue weighted by Crippen LogP contribution is 2.31. The summed E-state index contributed by atoms with van der Waals surface area (Å²) in [7, 11) is 1.63. The number of nitrogens with two attached hydrogens (primary N) is 1. The average molecular weight is 281 g/mol. The number of aryl methyl sites for hydroxylation is 1. The molecule has 0 saturated carbocycles. The van der Waals surface area contributed by atoms with Crippen LogP contribution in [0.4, 0.5) is 11.5 Å². The number of aromatic nitrogens is 2. The lowest BCUT2D eigenvalue weighted by Crippen LogP contribution is -2.54. The predicted octanol–water partition coefficient (Wildman–Crippen LogP) is 0.306. The van der Waals surface area contributed by atoms with Crippen LogP contribution >= 0.6 is 0 Å². The largest absolute Gasteiger partial charge is 0.394 e. The third-order valence-corrected chi connectivity index (χ3v) is 3.54. The summed E-state index contributed by atoms with van der Waals surface area (Å²) in [6.07, 6.45) is 0. The van der Waals surface area contributed by atoms with Gasteiger partial charge in [0.05, 0.1) is 24.6 Å². The number of nitrogen functional groups attached to an aromatic ring is 1. The fourth-order valence-electron chi connectivity index (χ4n) is 2.44. The lowest BCUT2D eigenvalue weighted by atomic mass is 10.2. The summed E-state index contributed by atoms with van der Waals surface area (Å²) in [4.78, 5) is 14.0. The number of carbonyl (C=O) groups is 1. The molecule has 1 atom stereocenters. The van der Waals surface area contributed by atoms with Gasteiger partial charge in [0.2, 0.25) is 5.91 Å². The highest BCUT2D eigenvalue weighted by atomic mass is 16.5. The Morgan fingerprint density at radius 1 is 1.55 bits per heavy atom. The first-order valence-corrected chi connectivity index (χ1v) is 6.88. The SMILES string of the molecule is CNC(=O)C1COCCN1c1c(N)c(C)nn1C(C)C. The van der Waals surface area contributed by atoms with Gasteiger partial charge < -0.3 is 20.7 Å². The Labute approximate surface area is 119 Å². The normalized spacial score (nSPS) is 19.4. The maximum atomic E-state index is 12.0. The van der Waals surface area contributed by atoms with Crippen LogP contribution in [0.15, 0.2) is 0 Å². The van der Waals surface area contributed by atoms with Crippen LogP contribution in [-0.2, 0) is 9.53 Å². The molecule has 2 heterocycles. The van der Waals surface area contributed by atoms with Crippen molar-refractivity contribution in [3.8, 4) is 0 Å². The summed E-state index contributed by atoms with van der Waals surface area (Å²) in [5.74, 6) is 0.743. The van der Waals surface area contributed by atoms with E-state index in [2.05, 4.69) is 10.4 Å². The van der Waals surface area contributed by atoms with Gasteiger partial charge in [0.15, 0.2) is 5.82 Å². The zero-order chi connectivity index (χ0) is 14.9. The number of nitrogens with one attached hydrogen (secondary N) is 1. The zero-order valence-electron chi connectivity index (χ0n) is 12.5. The molecule has 7 nitrogen and oxygen atoms in total. The number of ether oxygens (including phenoxy) is 1. The van der Waals surface area contributed by atoms with Crippen LogP contribution < -0.4 is 16.0 Å². The second kappa shape index (κ2) is 5.70. The third kappa shape index (κ3) is 2.45. The summed E-state index contributed by atoms with van der Waals surface area (Å²) in [5, 5.41) is 7.16. The summed E-state index contributed by atoms with van der Waals surface area (Å²) >= 11 is 0. The van der Waals surface area contributed by atoms with Crippen molar-refractivity contribution in [3.63, 3.8) is 0 Å². The van der Waals surface area contributed by atoms with E-state index < -0.39 is 0 Å². The molecule has 2 rings (SSSR count). The van der Waals surface area contributed by atoms with Crippen molar-refractivity contribution in [2.45, 2.75) is 32.9 Å². The number of hydrogen-bond acceptors (Lipinski definition) is 5. The second-order valence-electron chi connectivity index (χ2n) is 5.26. The van der Waals surface area contributed by atoms with Gasteiger partial charge >= 0.3 is 0 Å². The average Bonchev–Trinajstić information content (AvgIpc) is 2.74. The van der Waals surface area contributed by atoms with Gasteiger partial charge in [-0.2, -0.15) is 5.10 Å². The van der Waals surface area contributed by atoms with Gasteiger partial charge in [-0.25, -0.2) is 4.68 Å². The van der Waals surface area contributed by atoms with Crippen molar-refractivity contribution in [1.29, 1.82) is 0 Å². The quantitative estimate of drug-likeness (QED) is 0.832. The molecule has 1 aliphatic heterocycles. The van der Waals surface area contributed by atoms with Gasteiger partial charge in [-0.1, -0.05) is 0 Å². The summed E-state index contributed by atoms with van der Waals surface area (Å²) in [5.41, 5.74) is 7.60. The molecule has 112 valence electrons. The minimum absolute atomic E-state index is 0.0711. The van der Waals surface area contributed by atoms with E-state index in [-0.39, 0.29) is 18.0 Å². The van der Waals surface area contributed by atoms with Gasteiger partial charge in [-0.15, -0.1) is 0 Å². The van der Waals surface area contributed by atoms with E-state index in [0.717, 1.165) is 11.5 Å². The predicted molar refractivity (Wildman–Crippen MR) is 77.8 cm³/mol. The van der Waals surface area contributed by atoms with E-state index in [1.807, 2.05) is 30.4 Å². The van der Waals surface area contributed by atoms with Crippen LogP contribution in [0.25, 0.3) is 0 Å². The monoisotopic (exact) mass is 281 g/mol. The fourth-order valence-corrected chi connectivity index (χ4v) is 2.44. The van der Waals surface area contributed by atoms with E-state index >= 15 is 0 Å². The number of nitrogens with zero attached hydrogens (tertiary/aromatic N) is 3. The second-order valence-corrected chi connectivity index (χ2v) is 5.26. The fraction of sp³-hybridized carbons (Fsp3) is 0.692. The van der Waals surface area contributed by atoms with E-state index in [9.17, 15) is 4.79 Å². The molecule has 1 aromatic rings. The van der Waals surface area contributed by atoms with E-state index in [1.54, 1.807) is 7.05 Å². The highest BCUT2D eigenvalue weighted by molar-refractivity contribution is 5.86. The van der Waals surface area contributed by atoms with Gasteiger partial charge in [-0.05, 0) is 20.8 Å². The van der Waals surface area contributed by atoms with Gasteiger partial charge in [-0.3, -0.25) is 4.79 Å². The molecule has 0 radical (unpaired) electrons. The number of hydrogen-bond donors (Lipinski definition) is 2. The van der Waals surface area contributed by atoms with Crippen molar-refractivity contribution in [3.05, 3.63) is 5.69 Å². The van der Waals surface area contributed by atoms with E-state index in [0.29, 0.717) is 25.4 Å². The molecule has 1 aromatic heterocycles. The van der Waals surface area contributed by atoms with E-state index in [1.165, 1.54) is 0 Å². The molecule has 1 aliphatic rings. The first-order chi connectivity index (χ1) is 9.47. The van der Waals surface area contributed by atoms with E-state index in [4.69, 9.17) is 10.5 Å². The first kappa shape index (κ1) is 14.6. The third-order valence-electron chi connectivity index (χ3n) is 3.54. The summed E-state index contributed by atoms with van der Waals surface area (Å²) in [6, 6.07) is -0.196. The van der Waals surface area contributed by atoms with Crippen LogP contribution in [0.2, 0.25) is 0 Å². The molecule has 7 heteroatoms. The zero-order valence-corrected chi connectivity index (χ0v) is 12.5. The molecular weight excluding hydrogens is 258 g/mol. The van der Waals surface area contributed by atoms with Crippen LogP contribution in [-0.4, -0.2) is 48.5 Å². The smallest absolute Gasteiger partial charge is 0.244 e. The van der Waals surface area contributed by atoms with Crippen molar-refractivity contribution in [2.75, 3.05) is 37.4 Å².